The summed E-state index contributed by atoms with van der Waals surface area (Å²) in [6.45, 7) is 0.989. The third kappa shape index (κ3) is 4.65. The molecule has 2 aliphatic carbocycles. The average Bonchev–Trinajstić information content (AvgIpc) is 3.64. The number of benzene rings is 3. The molecule has 208 valence electrons. The van der Waals surface area contributed by atoms with Crippen molar-refractivity contribution in [2.24, 2.45) is 23.7 Å². The number of esters is 1. The lowest BCUT2D eigenvalue weighted by Crippen LogP contribution is -2.33. The van der Waals surface area contributed by atoms with Crippen LogP contribution in [-0.2, 0) is 19.1 Å². The number of nitro benzene ring substituents is 1. The second kappa shape index (κ2) is 10.3. The van der Waals surface area contributed by atoms with Gasteiger partial charge in [-0.15, -0.1) is 0 Å². The third-order valence-corrected chi connectivity index (χ3v) is 8.63. The van der Waals surface area contributed by atoms with Crippen molar-refractivity contribution >= 4 is 40.8 Å². The zero-order valence-corrected chi connectivity index (χ0v) is 22.2. The predicted molar refractivity (Wildman–Crippen MR) is 148 cm³/mol. The first-order chi connectivity index (χ1) is 19.7. The fourth-order valence-corrected chi connectivity index (χ4v) is 6.84. The van der Waals surface area contributed by atoms with Gasteiger partial charge in [0.15, 0.2) is 6.61 Å². The van der Waals surface area contributed by atoms with Crippen LogP contribution in [0.1, 0.15) is 40.2 Å². The molecule has 2 saturated carbocycles. The van der Waals surface area contributed by atoms with Gasteiger partial charge in [0.25, 0.3) is 11.6 Å². The molecule has 10 heteroatoms. The molecule has 2 bridgehead atoms. The van der Waals surface area contributed by atoms with Gasteiger partial charge >= 0.3 is 5.97 Å². The van der Waals surface area contributed by atoms with E-state index in [1.807, 2.05) is 18.2 Å². The number of fused-ring (bicyclic) bond motifs is 5. The number of nitrogens with one attached hydrogen (secondary N) is 1. The van der Waals surface area contributed by atoms with E-state index in [1.54, 1.807) is 6.92 Å². The second-order valence-electron chi connectivity index (χ2n) is 10.9. The van der Waals surface area contributed by atoms with E-state index < -0.39 is 23.4 Å². The first-order valence-electron chi connectivity index (χ1n) is 13.5. The predicted octanol–water partition coefficient (Wildman–Crippen LogP) is 4.63. The van der Waals surface area contributed by atoms with Crippen molar-refractivity contribution in [3.05, 3.63) is 99.6 Å². The summed E-state index contributed by atoms with van der Waals surface area (Å²) >= 11 is 0. The number of nitrogens with zero attached hydrogens (tertiary/aromatic N) is 2. The molecule has 0 aromatic heterocycles. The molecule has 3 aromatic carbocycles. The van der Waals surface area contributed by atoms with Gasteiger partial charge in [-0.2, -0.15) is 0 Å². The second-order valence-corrected chi connectivity index (χ2v) is 10.9. The number of hydrogen-bond acceptors (Lipinski definition) is 7. The molecule has 3 amide bonds. The molecule has 0 unspecified atom stereocenters. The number of carbonyl (C=O) groups excluding carboxylic acids is 4. The van der Waals surface area contributed by atoms with Gasteiger partial charge in [-0.05, 0) is 73.4 Å². The largest absolute Gasteiger partial charge is 0.452 e. The highest BCUT2D eigenvalue weighted by Gasteiger charge is 2.64. The van der Waals surface area contributed by atoms with E-state index >= 15 is 0 Å². The fraction of sp³-hybridized carbons (Fsp3) is 0.290. The molecular weight excluding hydrogens is 526 g/mol. The van der Waals surface area contributed by atoms with Crippen LogP contribution in [0.25, 0.3) is 0 Å². The Bertz CT molecular complexity index is 1570. The van der Waals surface area contributed by atoms with E-state index in [2.05, 4.69) is 17.4 Å². The smallest absolute Gasteiger partial charge is 0.338 e. The molecular formula is C31H27N3O7. The van der Waals surface area contributed by atoms with Crippen molar-refractivity contribution in [2.75, 3.05) is 16.8 Å². The number of ether oxygens (including phenoxy) is 1. The number of anilines is 2. The van der Waals surface area contributed by atoms with Gasteiger partial charge in [-0.25, -0.2) is 4.79 Å². The van der Waals surface area contributed by atoms with E-state index in [-0.39, 0.29) is 58.3 Å². The lowest BCUT2D eigenvalue weighted by Gasteiger charge is -2.28. The number of imide groups is 1. The number of nitro groups is 1. The van der Waals surface area contributed by atoms with Crippen LogP contribution in [0.5, 0.6) is 0 Å². The van der Waals surface area contributed by atoms with Gasteiger partial charge in [0, 0.05) is 17.3 Å². The van der Waals surface area contributed by atoms with Crippen LogP contribution in [0.3, 0.4) is 0 Å². The Morgan fingerprint density at radius 3 is 2.39 bits per heavy atom. The molecule has 5 atom stereocenters. The minimum atomic E-state index is -0.763. The van der Waals surface area contributed by atoms with E-state index in [9.17, 15) is 29.3 Å². The summed E-state index contributed by atoms with van der Waals surface area (Å²) < 4.78 is 5.09. The van der Waals surface area contributed by atoms with Crippen molar-refractivity contribution in [3.8, 4) is 0 Å². The Hall–Kier alpha value is -4.86. The van der Waals surface area contributed by atoms with E-state index in [0.29, 0.717) is 11.3 Å². The molecule has 3 aromatic rings. The first kappa shape index (κ1) is 26.4. The van der Waals surface area contributed by atoms with Crippen molar-refractivity contribution in [1.82, 2.24) is 0 Å². The Morgan fingerprint density at radius 2 is 1.68 bits per heavy atom. The summed E-state index contributed by atoms with van der Waals surface area (Å²) in [4.78, 5) is 63.5. The number of amides is 3. The molecule has 1 aliphatic heterocycles. The number of aryl methyl sites for hydroxylation is 1. The zero-order valence-electron chi connectivity index (χ0n) is 22.2. The fourth-order valence-electron chi connectivity index (χ4n) is 6.84. The Kier molecular flexibility index (Phi) is 6.61. The minimum Gasteiger partial charge on any atom is -0.452 e. The molecule has 1 heterocycles. The minimum absolute atomic E-state index is 0.137. The standard InChI is InChI=1S/C31H27N3O7/c1-17-7-10-21(15-25(17)34(39)40)32-26(35)16-41-31(38)19-8-11-22(12-9-19)33-29(36)27-20-13-23(18-5-3-2-4-6-18)24(14-20)28(27)30(33)37/h2-12,15,20,23-24,27-28H,13-14,16H2,1H3,(H,32,35)/t20-,23+,24+,27+,28-/m0/s1. The van der Waals surface area contributed by atoms with Crippen LogP contribution < -0.4 is 10.2 Å². The van der Waals surface area contributed by atoms with Gasteiger partial charge in [-0.1, -0.05) is 36.4 Å². The summed E-state index contributed by atoms with van der Waals surface area (Å²) in [6.07, 6.45) is 1.79. The van der Waals surface area contributed by atoms with Crippen LogP contribution in [0.4, 0.5) is 17.1 Å². The molecule has 41 heavy (non-hydrogen) atoms. The van der Waals surface area contributed by atoms with E-state index in [1.165, 1.54) is 52.9 Å². The van der Waals surface area contributed by atoms with Gasteiger partial charge in [0.2, 0.25) is 11.8 Å². The lowest BCUT2D eigenvalue weighted by atomic mass is 9.73. The topological polar surface area (TPSA) is 136 Å². The lowest BCUT2D eigenvalue weighted by molar-refractivity contribution is -0.385. The monoisotopic (exact) mass is 553 g/mol. The molecule has 0 spiro atoms. The number of carbonyl (C=O) groups is 4. The van der Waals surface area contributed by atoms with E-state index in [0.717, 1.165) is 12.8 Å². The van der Waals surface area contributed by atoms with E-state index in [4.69, 9.17) is 4.74 Å². The average molecular weight is 554 g/mol. The summed E-state index contributed by atoms with van der Waals surface area (Å²) in [5.74, 6) is -1.82. The zero-order chi connectivity index (χ0) is 28.8. The van der Waals surface area contributed by atoms with Gasteiger partial charge in [0.05, 0.1) is 28.0 Å². The highest BCUT2D eigenvalue weighted by Crippen LogP contribution is 2.61. The SMILES string of the molecule is Cc1ccc(NC(=O)COC(=O)c2ccc(N3C(=O)[C@@H]4[C@@H]5C[C@@H]([C@@H]4C3=O)[C@@H](c3ccccc3)C5)cc2)cc1[N+](=O)[O-]. The van der Waals surface area contributed by atoms with Gasteiger partial charge in [-0.3, -0.25) is 29.4 Å². The highest BCUT2D eigenvalue weighted by molar-refractivity contribution is 6.22. The van der Waals surface area contributed by atoms with Crippen molar-refractivity contribution in [3.63, 3.8) is 0 Å². The third-order valence-electron chi connectivity index (χ3n) is 8.63. The maximum atomic E-state index is 13.5. The normalized spacial score (nSPS) is 24.3. The van der Waals surface area contributed by atoms with Crippen LogP contribution >= 0.6 is 0 Å². The van der Waals surface area contributed by atoms with Gasteiger partial charge < -0.3 is 10.1 Å². The molecule has 0 radical (unpaired) electrons. The molecule has 3 aliphatic rings. The Labute approximate surface area is 235 Å². The Balaban J connectivity index is 1.08. The van der Waals surface area contributed by atoms with Crippen LogP contribution in [0.2, 0.25) is 0 Å². The molecule has 3 fully saturated rings. The summed E-state index contributed by atoms with van der Waals surface area (Å²) in [5.41, 5.74) is 2.29. The number of hydrogen-bond donors (Lipinski definition) is 1. The van der Waals surface area contributed by atoms with Crippen LogP contribution in [-0.4, -0.2) is 35.2 Å². The summed E-state index contributed by atoms with van der Waals surface area (Å²) in [7, 11) is 0. The highest BCUT2D eigenvalue weighted by atomic mass is 16.6. The van der Waals surface area contributed by atoms with Gasteiger partial charge in [0.1, 0.15) is 0 Å². The summed E-state index contributed by atoms with van der Waals surface area (Å²) in [5, 5.41) is 13.6. The molecule has 10 nitrogen and oxygen atoms in total. The first-order valence-corrected chi connectivity index (χ1v) is 13.5. The maximum absolute atomic E-state index is 13.5. The maximum Gasteiger partial charge on any atom is 0.338 e. The Morgan fingerprint density at radius 1 is 0.976 bits per heavy atom. The van der Waals surface area contributed by atoms with Crippen molar-refractivity contribution < 1.29 is 28.8 Å². The summed E-state index contributed by atoms with van der Waals surface area (Å²) in [6, 6.07) is 20.4. The molecule has 6 rings (SSSR count). The van der Waals surface area contributed by atoms with Crippen molar-refractivity contribution in [1.29, 1.82) is 0 Å². The van der Waals surface area contributed by atoms with Crippen LogP contribution in [0.15, 0.2) is 72.8 Å². The number of rotatable bonds is 7. The molecule has 1 saturated heterocycles. The van der Waals surface area contributed by atoms with Crippen LogP contribution in [0, 0.1) is 40.7 Å². The van der Waals surface area contributed by atoms with Crippen molar-refractivity contribution in [2.45, 2.75) is 25.7 Å². The molecule has 1 N–H and O–H groups in total. The quantitative estimate of drug-likeness (QED) is 0.195.